The molecule has 0 bridgehead atoms. The van der Waals surface area contributed by atoms with Gasteiger partial charge in [0, 0.05) is 28.2 Å². The summed E-state index contributed by atoms with van der Waals surface area (Å²) in [5, 5.41) is 2.00. The number of hydrogen-bond acceptors (Lipinski definition) is 2. The molecule has 0 unspecified atom stereocenters. The molecule has 1 fully saturated rings. The first-order valence-electron chi connectivity index (χ1n) is 10.1. The second-order valence-electron chi connectivity index (χ2n) is 7.34. The van der Waals surface area contributed by atoms with Crippen molar-refractivity contribution in [2.24, 2.45) is 0 Å². The Bertz CT molecular complexity index is 759. The van der Waals surface area contributed by atoms with E-state index in [0.29, 0.717) is 13.0 Å². The summed E-state index contributed by atoms with van der Waals surface area (Å²) in [4.78, 5) is 12.3. The maximum absolute atomic E-state index is 12.3. The average molecular weight is 376 g/mol. The number of nitrogens with zero attached hydrogens (tertiary/aromatic N) is 1. The molecule has 0 radical (unpaired) electrons. The molecular formula is C22H30ClNO2. The van der Waals surface area contributed by atoms with E-state index in [2.05, 4.69) is 30.5 Å². The number of aromatic nitrogens is 1. The van der Waals surface area contributed by atoms with Crippen molar-refractivity contribution in [2.45, 2.75) is 84.3 Å². The summed E-state index contributed by atoms with van der Waals surface area (Å²) >= 11 is 6.25. The van der Waals surface area contributed by atoms with Gasteiger partial charge in [-0.05, 0) is 68.7 Å². The third-order valence-corrected chi connectivity index (χ3v) is 5.74. The van der Waals surface area contributed by atoms with Crippen molar-refractivity contribution in [1.82, 2.24) is 4.57 Å². The number of esters is 1. The molecule has 1 aliphatic rings. The van der Waals surface area contributed by atoms with Gasteiger partial charge in [0.25, 0.3) is 0 Å². The number of carbonyl (C=O) groups is 1. The number of carbonyl (C=O) groups excluding carboxylic acids is 1. The molecule has 1 aromatic heterocycles. The van der Waals surface area contributed by atoms with Crippen LogP contribution >= 0.6 is 11.6 Å². The van der Waals surface area contributed by atoms with Gasteiger partial charge in [0.15, 0.2) is 0 Å². The van der Waals surface area contributed by atoms with Crippen LogP contribution in [0.1, 0.15) is 70.1 Å². The van der Waals surface area contributed by atoms with E-state index in [4.69, 9.17) is 16.3 Å². The molecule has 1 aromatic carbocycles. The number of unbranched alkanes of at least 4 members (excludes halogenated alkanes) is 1. The van der Waals surface area contributed by atoms with Crippen molar-refractivity contribution >= 4 is 28.5 Å². The maximum atomic E-state index is 12.3. The van der Waals surface area contributed by atoms with Crippen LogP contribution in [0, 0.1) is 0 Å². The summed E-state index contributed by atoms with van der Waals surface area (Å²) in [7, 11) is 0. The quantitative estimate of drug-likeness (QED) is 0.524. The molecule has 4 heteroatoms. The maximum Gasteiger partial charge on any atom is 0.307 e. The summed E-state index contributed by atoms with van der Waals surface area (Å²) in [6.45, 7) is 5.10. The third kappa shape index (κ3) is 4.25. The van der Waals surface area contributed by atoms with Crippen LogP contribution in [0.25, 0.3) is 10.9 Å². The van der Waals surface area contributed by atoms with Crippen molar-refractivity contribution in [1.29, 1.82) is 0 Å². The standard InChI is InChI=1S/C22H30ClNO2/c1-3-5-10-20-18(4-2)19-15-16(23)11-12-21(19)24(20)14-13-22(25)26-17-8-6-7-9-17/h11-12,15,17H,3-10,13-14H2,1-2H3. The first-order valence-corrected chi connectivity index (χ1v) is 10.5. The minimum absolute atomic E-state index is 0.0628. The van der Waals surface area contributed by atoms with Crippen LogP contribution in [0.15, 0.2) is 18.2 Å². The second-order valence-corrected chi connectivity index (χ2v) is 7.78. The lowest BCUT2D eigenvalue weighted by molar-refractivity contribution is -0.148. The normalized spacial score (nSPS) is 15.0. The lowest BCUT2D eigenvalue weighted by atomic mass is 10.1. The fourth-order valence-corrected chi connectivity index (χ4v) is 4.36. The Morgan fingerprint density at radius 1 is 1.27 bits per heavy atom. The third-order valence-electron chi connectivity index (χ3n) is 5.51. The fourth-order valence-electron chi connectivity index (χ4n) is 4.18. The second kappa shape index (κ2) is 8.94. The largest absolute Gasteiger partial charge is 0.462 e. The van der Waals surface area contributed by atoms with Crippen molar-refractivity contribution in [3.63, 3.8) is 0 Å². The fraction of sp³-hybridized carbons (Fsp3) is 0.591. The Labute approximate surface area is 161 Å². The SMILES string of the molecule is CCCCc1c(CC)c2cc(Cl)ccc2n1CCC(=O)OC1CCCC1. The van der Waals surface area contributed by atoms with E-state index in [9.17, 15) is 4.79 Å². The molecule has 3 rings (SSSR count). The van der Waals surface area contributed by atoms with Crippen molar-refractivity contribution in [3.8, 4) is 0 Å². The molecule has 0 saturated heterocycles. The van der Waals surface area contributed by atoms with Gasteiger partial charge in [0.2, 0.25) is 0 Å². The Kier molecular flexibility index (Phi) is 6.63. The number of hydrogen-bond donors (Lipinski definition) is 0. The number of aryl methyl sites for hydroxylation is 2. The highest BCUT2D eigenvalue weighted by Gasteiger charge is 2.20. The smallest absolute Gasteiger partial charge is 0.307 e. The molecule has 1 heterocycles. The summed E-state index contributed by atoms with van der Waals surface area (Å²) in [6, 6.07) is 6.10. The minimum atomic E-state index is -0.0628. The van der Waals surface area contributed by atoms with Gasteiger partial charge in [0.05, 0.1) is 6.42 Å². The van der Waals surface area contributed by atoms with Crippen LogP contribution in [0.5, 0.6) is 0 Å². The van der Waals surface area contributed by atoms with E-state index in [1.165, 1.54) is 35.0 Å². The van der Waals surface area contributed by atoms with Crippen LogP contribution in [-0.2, 0) is 28.9 Å². The zero-order chi connectivity index (χ0) is 18.5. The van der Waals surface area contributed by atoms with Gasteiger partial charge in [-0.1, -0.05) is 31.9 Å². The summed E-state index contributed by atoms with van der Waals surface area (Å²) < 4.78 is 7.97. The van der Waals surface area contributed by atoms with E-state index < -0.39 is 0 Å². The molecular weight excluding hydrogens is 346 g/mol. The molecule has 0 spiro atoms. The van der Waals surface area contributed by atoms with Crippen LogP contribution in [0.3, 0.4) is 0 Å². The van der Waals surface area contributed by atoms with Gasteiger partial charge in [-0.15, -0.1) is 0 Å². The van der Waals surface area contributed by atoms with Crippen molar-refractivity contribution in [3.05, 3.63) is 34.5 Å². The number of benzene rings is 1. The Hall–Kier alpha value is -1.48. The van der Waals surface area contributed by atoms with Crippen LogP contribution in [-0.4, -0.2) is 16.6 Å². The molecule has 3 nitrogen and oxygen atoms in total. The molecule has 0 N–H and O–H groups in total. The highest BCUT2D eigenvalue weighted by molar-refractivity contribution is 6.31. The predicted molar refractivity (Wildman–Crippen MR) is 108 cm³/mol. The number of rotatable bonds is 8. The molecule has 0 atom stereocenters. The van der Waals surface area contributed by atoms with Gasteiger partial charge < -0.3 is 9.30 Å². The number of halogens is 1. The number of fused-ring (bicyclic) bond motifs is 1. The summed E-state index contributed by atoms with van der Waals surface area (Å²) in [5.74, 6) is -0.0628. The zero-order valence-corrected chi connectivity index (χ0v) is 16.8. The average Bonchev–Trinajstić information content (AvgIpc) is 3.23. The highest BCUT2D eigenvalue weighted by atomic mass is 35.5. The van der Waals surface area contributed by atoms with E-state index >= 15 is 0 Å². The summed E-state index contributed by atoms with van der Waals surface area (Å²) in [5.41, 5.74) is 3.92. The van der Waals surface area contributed by atoms with Gasteiger partial charge in [-0.25, -0.2) is 0 Å². The topological polar surface area (TPSA) is 31.2 Å². The van der Waals surface area contributed by atoms with E-state index in [0.717, 1.165) is 43.5 Å². The Balaban J connectivity index is 1.83. The Morgan fingerprint density at radius 2 is 2.04 bits per heavy atom. The Morgan fingerprint density at radius 3 is 2.73 bits per heavy atom. The monoisotopic (exact) mass is 375 g/mol. The lowest BCUT2D eigenvalue weighted by Crippen LogP contribution is -2.17. The van der Waals surface area contributed by atoms with E-state index in [1.807, 2.05) is 6.07 Å². The highest BCUT2D eigenvalue weighted by Crippen LogP contribution is 2.31. The van der Waals surface area contributed by atoms with Crippen LogP contribution < -0.4 is 0 Å². The van der Waals surface area contributed by atoms with Gasteiger partial charge >= 0.3 is 5.97 Å². The lowest BCUT2D eigenvalue weighted by Gasteiger charge is -2.14. The molecule has 2 aromatic rings. The first kappa shape index (κ1) is 19.3. The molecule has 142 valence electrons. The molecule has 1 aliphatic carbocycles. The predicted octanol–water partition coefficient (Wildman–Crippen LogP) is 6.08. The molecule has 26 heavy (non-hydrogen) atoms. The number of ether oxygens (including phenoxy) is 1. The van der Waals surface area contributed by atoms with E-state index in [-0.39, 0.29) is 12.1 Å². The van der Waals surface area contributed by atoms with Crippen LogP contribution in [0.2, 0.25) is 5.02 Å². The molecule has 0 aliphatic heterocycles. The van der Waals surface area contributed by atoms with Crippen molar-refractivity contribution in [2.75, 3.05) is 0 Å². The first-order chi connectivity index (χ1) is 12.6. The zero-order valence-electron chi connectivity index (χ0n) is 16.0. The minimum Gasteiger partial charge on any atom is -0.462 e. The summed E-state index contributed by atoms with van der Waals surface area (Å²) in [6.07, 6.45) is 9.34. The van der Waals surface area contributed by atoms with E-state index in [1.54, 1.807) is 0 Å². The van der Waals surface area contributed by atoms with Gasteiger partial charge in [0.1, 0.15) is 6.10 Å². The molecule has 0 amide bonds. The van der Waals surface area contributed by atoms with Gasteiger partial charge in [-0.2, -0.15) is 0 Å². The molecule has 1 saturated carbocycles. The van der Waals surface area contributed by atoms with Gasteiger partial charge in [-0.3, -0.25) is 4.79 Å². The van der Waals surface area contributed by atoms with Crippen molar-refractivity contribution < 1.29 is 9.53 Å². The van der Waals surface area contributed by atoms with Crippen LogP contribution in [0.4, 0.5) is 0 Å².